The van der Waals surface area contributed by atoms with E-state index in [1.165, 1.54) is 12.8 Å². The van der Waals surface area contributed by atoms with Crippen LogP contribution in [0.2, 0.25) is 0 Å². The van der Waals surface area contributed by atoms with Gasteiger partial charge in [0.2, 0.25) is 0 Å². The van der Waals surface area contributed by atoms with Crippen molar-refractivity contribution in [2.45, 2.75) is 31.2 Å². The molecule has 115 valence electrons. The molecule has 2 fully saturated rings. The second-order valence-corrected chi connectivity index (χ2v) is 6.40. The first-order chi connectivity index (χ1) is 10.1. The molecule has 3 rings (SSSR count). The third-order valence-corrected chi connectivity index (χ3v) is 5.01. The maximum Gasteiger partial charge on any atom is 0.146 e. The number of hydrogen-bond acceptors (Lipinski definition) is 3. The van der Waals surface area contributed by atoms with Gasteiger partial charge < -0.3 is 10.6 Å². The summed E-state index contributed by atoms with van der Waals surface area (Å²) in [7, 11) is 2.18. The minimum absolute atomic E-state index is 0.245. The predicted molar refractivity (Wildman–Crippen MR) is 84.6 cm³/mol. The van der Waals surface area contributed by atoms with Gasteiger partial charge >= 0.3 is 0 Å². The van der Waals surface area contributed by atoms with Crippen molar-refractivity contribution in [3.05, 3.63) is 36.0 Å². The SMILES string of the molecule is CN1CCN(C2CC[CH]CC2c2ccc(N)c(F)c2)CC1. The zero-order valence-electron chi connectivity index (χ0n) is 12.8. The first kappa shape index (κ1) is 14.8. The van der Waals surface area contributed by atoms with Gasteiger partial charge in [-0.2, -0.15) is 0 Å². The van der Waals surface area contributed by atoms with Crippen molar-refractivity contribution in [3.8, 4) is 0 Å². The standard InChI is InChI=1S/C17H25FN3/c1-20-8-10-21(11-9-20)17-5-3-2-4-14(17)13-6-7-16(19)15(18)12-13/h2,6-7,12,14,17H,3-5,8-11,19H2,1H3. The highest BCUT2D eigenvalue weighted by Gasteiger charge is 2.32. The van der Waals surface area contributed by atoms with Gasteiger partial charge in [-0.15, -0.1) is 0 Å². The van der Waals surface area contributed by atoms with E-state index in [9.17, 15) is 4.39 Å². The number of nitrogen functional groups attached to an aromatic ring is 1. The van der Waals surface area contributed by atoms with Crippen LogP contribution in [0.15, 0.2) is 18.2 Å². The fourth-order valence-electron chi connectivity index (χ4n) is 3.67. The minimum Gasteiger partial charge on any atom is -0.396 e. The van der Waals surface area contributed by atoms with E-state index in [2.05, 4.69) is 23.3 Å². The Morgan fingerprint density at radius 3 is 2.67 bits per heavy atom. The van der Waals surface area contributed by atoms with Gasteiger partial charge in [0.25, 0.3) is 0 Å². The predicted octanol–water partition coefficient (Wildman–Crippen LogP) is 2.50. The quantitative estimate of drug-likeness (QED) is 0.849. The molecule has 1 aliphatic carbocycles. The molecule has 1 aromatic rings. The number of hydrogen-bond donors (Lipinski definition) is 1. The Morgan fingerprint density at radius 1 is 1.19 bits per heavy atom. The number of nitrogens with zero attached hydrogens (tertiary/aromatic N) is 2. The number of nitrogens with two attached hydrogens (primary N) is 1. The molecule has 1 saturated heterocycles. The minimum atomic E-state index is -0.282. The van der Waals surface area contributed by atoms with Gasteiger partial charge in [-0.25, -0.2) is 4.39 Å². The van der Waals surface area contributed by atoms with Crippen molar-refractivity contribution in [3.63, 3.8) is 0 Å². The molecule has 0 aromatic heterocycles. The molecule has 4 heteroatoms. The van der Waals surface area contributed by atoms with Crippen LogP contribution in [0, 0.1) is 12.2 Å². The Balaban J connectivity index is 1.79. The van der Waals surface area contributed by atoms with Crippen molar-refractivity contribution in [1.29, 1.82) is 0 Å². The Hall–Kier alpha value is -1.13. The number of rotatable bonds is 2. The molecule has 21 heavy (non-hydrogen) atoms. The van der Waals surface area contributed by atoms with E-state index in [1.54, 1.807) is 12.1 Å². The molecule has 1 radical (unpaired) electrons. The Morgan fingerprint density at radius 2 is 1.95 bits per heavy atom. The van der Waals surface area contributed by atoms with Crippen LogP contribution in [0.3, 0.4) is 0 Å². The summed E-state index contributed by atoms with van der Waals surface area (Å²) in [4.78, 5) is 4.98. The van der Waals surface area contributed by atoms with Crippen LogP contribution in [-0.2, 0) is 0 Å². The van der Waals surface area contributed by atoms with Gasteiger partial charge in [0.1, 0.15) is 5.82 Å². The third-order valence-electron chi connectivity index (χ3n) is 5.01. The molecule has 1 aliphatic heterocycles. The summed E-state index contributed by atoms with van der Waals surface area (Å²) in [5.41, 5.74) is 6.96. The molecule has 0 bridgehead atoms. The van der Waals surface area contributed by atoms with E-state index in [-0.39, 0.29) is 11.5 Å². The smallest absolute Gasteiger partial charge is 0.146 e. The average Bonchev–Trinajstić information content (AvgIpc) is 2.51. The molecular formula is C17H25FN3. The van der Waals surface area contributed by atoms with Crippen LogP contribution < -0.4 is 5.73 Å². The molecule has 2 unspecified atom stereocenters. The first-order valence-corrected chi connectivity index (χ1v) is 7.94. The monoisotopic (exact) mass is 290 g/mol. The Bertz CT molecular complexity index is 483. The molecule has 2 atom stereocenters. The largest absolute Gasteiger partial charge is 0.396 e. The van der Waals surface area contributed by atoms with Gasteiger partial charge in [0, 0.05) is 32.2 Å². The van der Waals surface area contributed by atoms with Gasteiger partial charge in [-0.1, -0.05) is 6.07 Å². The van der Waals surface area contributed by atoms with E-state index in [4.69, 9.17) is 5.73 Å². The van der Waals surface area contributed by atoms with Gasteiger partial charge in [-0.05, 0) is 56.3 Å². The van der Waals surface area contributed by atoms with Crippen LogP contribution in [-0.4, -0.2) is 49.1 Å². The summed E-state index contributed by atoms with van der Waals surface area (Å²) in [6.07, 6.45) is 5.75. The van der Waals surface area contributed by atoms with E-state index >= 15 is 0 Å². The highest BCUT2D eigenvalue weighted by Crippen LogP contribution is 2.36. The van der Waals surface area contributed by atoms with Crippen molar-refractivity contribution in [2.24, 2.45) is 0 Å². The summed E-state index contributed by atoms with van der Waals surface area (Å²) in [5, 5.41) is 0. The number of likely N-dealkylation sites (N-methyl/N-ethyl adjacent to an activating group) is 1. The molecule has 0 spiro atoms. The van der Waals surface area contributed by atoms with Crippen LogP contribution in [0.4, 0.5) is 10.1 Å². The Labute approximate surface area is 126 Å². The molecule has 2 aliphatic rings. The number of anilines is 1. The van der Waals surface area contributed by atoms with Crippen LogP contribution in [0.5, 0.6) is 0 Å². The second-order valence-electron chi connectivity index (χ2n) is 6.40. The summed E-state index contributed by atoms with van der Waals surface area (Å²) in [5.74, 6) is 0.118. The number of benzene rings is 1. The molecule has 1 aromatic carbocycles. The zero-order chi connectivity index (χ0) is 14.8. The number of halogens is 1. The maximum absolute atomic E-state index is 13.8. The topological polar surface area (TPSA) is 32.5 Å². The highest BCUT2D eigenvalue weighted by atomic mass is 19.1. The van der Waals surface area contributed by atoms with Crippen molar-refractivity contribution >= 4 is 5.69 Å². The van der Waals surface area contributed by atoms with Crippen LogP contribution in [0.1, 0.15) is 30.7 Å². The van der Waals surface area contributed by atoms with Crippen molar-refractivity contribution in [1.82, 2.24) is 9.80 Å². The lowest BCUT2D eigenvalue weighted by atomic mass is 9.79. The van der Waals surface area contributed by atoms with E-state index in [1.807, 2.05) is 6.07 Å². The highest BCUT2D eigenvalue weighted by molar-refractivity contribution is 5.42. The molecule has 1 heterocycles. The van der Waals surface area contributed by atoms with E-state index < -0.39 is 0 Å². The maximum atomic E-state index is 13.8. The molecule has 0 amide bonds. The normalized spacial score (nSPS) is 28.7. The van der Waals surface area contributed by atoms with Crippen molar-refractivity contribution < 1.29 is 4.39 Å². The fraction of sp³-hybridized carbons (Fsp3) is 0.588. The van der Waals surface area contributed by atoms with Crippen molar-refractivity contribution in [2.75, 3.05) is 39.0 Å². The molecule has 3 nitrogen and oxygen atoms in total. The zero-order valence-corrected chi connectivity index (χ0v) is 12.8. The average molecular weight is 290 g/mol. The summed E-state index contributed by atoms with van der Waals surface area (Å²) >= 11 is 0. The third kappa shape index (κ3) is 3.22. The summed E-state index contributed by atoms with van der Waals surface area (Å²) in [6, 6.07) is 5.89. The van der Waals surface area contributed by atoms with E-state index in [0.717, 1.165) is 38.2 Å². The lowest BCUT2D eigenvalue weighted by molar-refractivity contribution is 0.0854. The Kier molecular flexibility index (Phi) is 4.45. The van der Waals surface area contributed by atoms with Gasteiger partial charge in [0.15, 0.2) is 0 Å². The fourth-order valence-corrected chi connectivity index (χ4v) is 3.67. The summed E-state index contributed by atoms with van der Waals surface area (Å²) in [6.45, 7) is 4.50. The van der Waals surface area contributed by atoms with Crippen LogP contribution >= 0.6 is 0 Å². The second kappa shape index (κ2) is 6.32. The van der Waals surface area contributed by atoms with Crippen LogP contribution in [0.25, 0.3) is 0 Å². The lowest BCUT2D eigenvalue weighted by Crippen LogP contribution is -2.51. The first-order valence-electron chi connectivity index (χ1n) is 7.94. The van der Waals surface area contributed by atoms with Gasteiger partial charge in [0.05, 0.1) is 5.69 Å². The lowest BCUT2D eigenvalue weighted by Gasteiger charge is -2.43. The summed E-state index contributed by atoms with van der Waals surface area (Å²) < 4.78 is 13.8. The number of piperazine rings is 1. The molecular weight excluding hydrogens is 265 g/mol. The molecule has 2 N–H and O–H groups in total. The van der Waals surface area contributed by atoms with Gasteiger partial charge in [-0.3, -0.25) is 4.90 Å². The molecule has 1 saturated carbocycles. The van der Waals surface area contributed by atoms with E-state index in [0.29, 0.717) is 12.0 Å².